The molecule has 0 saturated heterocycles. The van der Waals surface area contributed by atoms with Gasteiger partial charge in [-0.25, -0.2) is 0 Å². The molecule has 0 radical (unpaired) electrons. The van der Waals surface area contributed by atoms with E-state index in [9.17, 15) is 0 Å². The molecule has 14 heavy (non-hydrogen) atoms. The largest absolute Gasteiger partial charge is 0.0648 e. The van der Waals surface area contributed by atoms with Gasteiger partial charge in [-0.1, -0.05) is 54.9 Å². The van der Waals surface area contributed by atoms with E-state index in [4.69, 9.17) is 0 Å². The van der Waals surface area contributed by atoms with Crippen molar-refractivity contribution in [3.05, 3.63) is 0 Å². The zero-order chi connectivity index (χ0) is 11.2. The molecule has 0 aromatic heterocycles. The highest BCUT2D eigenvalue weighted by Crippen LogP contribution is 2.60. The van der Waals surface area contributed by atoms with Crippen molar-refractivity contribution in [2.45, 2.75) is 67.7 Å². The molecule has 1 aliphatic rings. The Morgan fingerprint density at radius 3 is 2.00 bits per heavy atom. The molecule has 1 fully saturated rings. The fourth-order valence-corrected chi connectivity index (χ4v) is 3.62. The first-order chi connectivity index (χ1) is 6.15. The Morgan fingerprint density at radius 1 is 1.07 bits per heavy atom. The van der Waals surface area contributed by atoms with Crippen LogP contribution in [0.2, 0.25) is 0 Å². The Hall–Kier alpha value is 0. The predicted octanol–water partition coefficient (Wildman–Crippen LogP) is 4.89. The molecule has 84 valence electrons. The van der Waals surface area contributed by atoms with E-state index in [0.29, 0.717) is 16.2 Å². The third-order valence-corrected chi connectivity index (χ3v) is 5.30. The molecule has 2 atom stereocenters. The van der Waals surface area contributed by atoms with Crippen molar-refractivity contribution in [2.75, 3.05) is 0 Å². The van der Waals surface area contributed by atoms with E-state index >= 15 is 0 Å². The standard InChI is InChI=1S/C14H28/c1-8-14(7)10-12(3,4)9-11(2)13(14,5)6/h11H,8-10H2,1-7H3. The van der Waals surface area contributed by atoms with E-state index in [0.717, 1.165) is 5.92 Å². The minimum absolute atomic E-state index is 0.497. The summed E-state index contributed by atoms with van der Waals surface area (Å²) in [4.78, 5) is 0. The lowest BCUT2D eigenvalue weighted by atomic mass is 9.48. The van der Waals surface area contributed by atoms with Gasteiger partial charge >= 0.3 is 0 Å². The Kier molecular flexibility index (Phi) is 2.80. The zero-order valence-electron chi connectivity index (χ0n) is 11.2. The quantitative estimate of drug-likeness (QED) is 0.560. The predicted molar refractivity (Wildman–Crippen MR) is 64.4 cm³/mol. The van der Waals surface area contributed by atoms with Crippen LogP contribution >= 0.6 is 0 Å². The monoisotopic (exact) mass is 196 g/mol. The molecule has 0 aromatic rings. The first-order valence-corrected chi connectivity index (χ1v) is 6.15. The Morgan fingerprint density at radius 2 is 1.57 bits per heavy atom. The molecule has 0 heterocycles. The van der Waals surface area contributed by atoms with Crippen LogP contribution in [0.4, 0.5) is 0 Å². The molecular weight excluding hydrogens is 168 g/mol. The van der Waals surface area contributed by atoms with E-state index in [-0.39, 0.29) is 0 Å². The van der Waals surface area contributed by atoms with E-state index in [2.05, 4.69) is 48.5 Å². The van der Waals surface area contributed by atoms with Gasteiger partial charge in [-0.2, -0.15) is 0 Å². The first kappa shape index (κ1) is 12.1. The summed E-state index contributed by atoms with van der Waals surface area (Å²) in [5, 5.41) is 0. The fraction of sp³-hybridized carbons (Fsp3) is 1.00. The lowest BCUT2D eigenvalue weighted by Gasteiger charge is -2.57. The van der Waals surface area contributed by atoms with E-state index in [1.54, 1.807) is 0 Å². The highest BCUT2D eigenvalue weighted by Gasteiger charge is 2.50. The molecule has 1 saturated carbocycles. The zero-order valence-corrected chi connectivity index (χ0v) is 11.2. The van der Waals surface area contributed by atoms with Crippen LogP contribution in [0.3, 0.4) is 0 Å². The molecular formula is C14H28. The van der Waals surface area contributed by atoms with Gasteiger partial charge in [0.2, 0.25) is 0 Å². The van der Waals surface area contributed by atoms with Crippen LogP contribution in [-0.4, -0.2) is 0 Å². The van der Waals surface area contributed by atoms with Crippen LogP contribution in [0.25, 0.3) is 0 Å². The smallest absolute Gasteiger partial charge is 0.0270 e. The molecule has 0 spiro atoms. The first-order valence-electron chi connectivity index (χ1n) is 6.15. The average Bonchev–Trinajstić information content (AvgIpc) is 2.00. The lowest BCUT2D eigenvalue weighted by Crippen LogP contribution is -2.48. The van der Waals surface area contributed by atoms with E-state index in [1.807, 2.05) is 0 Å². The molecule has 0 amide bonds. The van der Waals surface area contributed by atoms with Crippen LogP contribution < -0.4 is 0 Å². The van der Waals surface area contributed by atoms with Crippen LogP contribution in [0.5, 0.6) is 0 Å². The summed E-state index contributed by atoms with van der Waals surface area (Å²) in [6, 6.07) is 0. The molecule has 0 bridgehead atoms. The summed E-state index contributed by atoms with van der Waals surface area (Å²) in [5.41, 5.74) is 1.56. The van der Waals surface area contributed by atoms with Crippen molar-refractivity contribution in [2.24, 2.45) is 22.2 Å². The average molecular weight is 196 g/mol. The maximum absolute atomic E-state index is 2.49. The number of rotatable bonds is 1. The van der Waals surface area contributed by atoms with Crippen LogP contribution in [0.15, 0.2) is 0 Å². The second kappa shape index (κ2) is 3.25. The third kappa shape index (κ3) is 1.73. The Bertz CT molecular complexity index is 212. The molecule has 0 N–H and O–H groups in total. The van der Waals surface area contributed by atoms with Gasteiger partial charge in [0.1, 0.15) is 0 Å². The minimum atomic E-state index is 0.497. The van der Waals surface area contributed by atoms with Gasteiger partial charge in [0.15, 0.2) is 0 Å². The highest BCUT2D eigenvalue weighted by atomic mass is 14.6. The van der Waals surface area contributed by atoms with Gasteiger partial charge in [0.05, 0.1) is 0 Å². The molecule has 1 aliphatic carbocycles. The van der Waals surface area contributed by atoms with Crippen LogP contribution in [-0.2, 0) is 0 Å². The molecule has 0 aromatic carbocycles. The topological polar surface area (TPSA) is 0 Å². The third-order valence-electron chi connectivity index (χ3n) is 5.30. The maximum Gasteiger partial charge on any atom is -0.0270 e. The van der Waals surface area contributed by atoms with Gasteiger partial charge in [-0.15, -0.1) is 0 Å². The molecule has 0 nitrogen and oxygen atoms in total. The SMILES string of the molecule is CCC1(C)CC(C)(C)CC(C)C1(C)C. The van der Waals surface area contributed by atoms with Crippen LogP contribution in [0, 0.1) is 22.2 Å². The molecule has 2 unspecified atom stereocenters. The van der Waals surface area contributed by atoms with Gasteiger partial charge in [0.25, 0.3) is 0 Å². The Balaban J connectivity index is 3.02. The fourth-order valence-electron chi connectivity index (χ4n) is 3.62. The maximum atomic E-state index is 2.49. The van der Waals surface area contributed by atoms with Gasteiger partial charge in [-0.05, 0) is 35.0 Å². The van der Waals surface area contributed by atoms with Crippen molar-refractivity contribution in [3.8, 4) is 0 Å². The minimum Gasteiger partial charge on any atom is -0.0648 e. The summed E-state index contributed by atoms with van der Waals surface area (Å²) < 4.78 is 0. The van der Waals surface area contributed by atoms with E-state index in [1.165, 1.54) is 19.3 Å². The molecule has 0 aliphatic heterocycles. The van der Waals surface area contributed by atoms with Crippen LogP contribution in [0.1, 0.15) is 67.7 Å². The van der Waals surface area contributed by atoms with Gasteiger partial charge in [-0.3, -0.25) is 0 Å². The molecule has 0 heteroatoms. The van der Waals surface area contributed by atoms with Crippen molar-refractivity contribution in [1.29, 1.82) is 0 Å². The normalized spacial score (nSPS) is 40.9. The molecule has 1 rings (SSSR count). The summed E-state index contributed by atoms with van der Waals surface area (Å²) in [6.07, 6.45) is 4.08. The summed E-state index contributed by atoms with van der Waals surface area (Å²) >= 11 is 0. The lowest BCUT2D eigenvalue weighted by molar-refractivity contribution is -0.0734. The second-order valence-corrected chi connectivity index (χ2v) is 7.08. The highest BCUT2D eigenvalue weighted by molar-refractivity contribution is 5.00. The number of hydrogen-bond acceptors (Lipinski definition) is 0. The van der Waals surface area contributed by atoms with Crippen molar-refractivity contribution in [3.63, 3.8) is 0 Å². The summed E-state index contributed by atoms with van der Waals surface area (Å²) in [7, 11) is 0. The van der Waals surface area contributed by atoms with E-state index < -0.39 is 0 Å². The summed E-state index contributed by atoms with van der Waals surface area (Å²) in [6.45, 7) is 17.1. The Labute approximate surface area is 90.5 Å². The summed E-state index contributed by atoms with van der Waals surface area (Å²) in [5.74, 6) is 0.844. The van der Waals surface area contributed by atoms with Gasteiger partial charge < -0.3 is 0 Å². The van der Waals surface area contributed by atoms with Crippen molar-refractivity contribution < 1.29 is 0 Å². The van der Waals surface area contributed by atoms with Crippen molar-refractivity contribution >= 4 is 0 Å². The van der Waals surface area contributed by atoms with Gasteiger partial charge in [0, 0.05) is 0 Å². The van der Waals surface area contributed by atoms with Crippen molar-refractivity contribution in [1.82, 2.24) is 0 Å². The number of hydrogen-bond donors (Lipinski definition) is 0. The second-order valence-electron chi connectivity index (χ2n) is 7.08.